The van der Waals surface area contributed by atoms with E-state index in [1.165, 1.54) is 10.4 Å². The number of nitrogens with zero attached hydrogens (tertiary/aromatic N) is 1. The van der Waals surface area contributed by atoms with Crippen LogP contribution in [0.5, 0.6) is 5.75 Å². The third kappa shape index (κ3) is 2.58. The highest BCUT2D eigenvalue weighted by Crippen LogP contribution is 2.36. The van der Waals surface area contributed by atoms with Gasteiger partial charge in [-0.3, -0.25) is 4.79 Å². The SMILES string of the molecule is COc1ccc(-c2nc3sc4c(c3c(=O)[nH]2)CC[C@H](C)C4)cc1Br. The van der Waals surface area contributed by atoms with E-state index in [4.69, 9.17) is 9.72 Å². The number of H-pyrrole nitrogens is 1. The normalized spacial score (nSPS) is 17.0. The van der Waals surface area contributed by atoms with Crippen LogP contribution in [0.1, 0.15) is 23.8 Å². The van der Waals surface area contributed by atoms with Crippen molar-refractivity contribution in [2.24, 2.45) is 5.92 Å². The zero-order chi connectivity index (χ0) is 16.8. The zero-order valence-corrected chi connectivity index (χ0v) is 15.9. The summed E-state index contributed by atoms with van der Waals surface area (Å²) in [6.45, 7) is 2.27. The molecule has 0 bridgehead atoms. The lowest BCUT2D eigenvalue weighted by Crippen LogP contribution is -2.13. The highest BCUT2D eigenvalue weighted by molar-refractivity contribution is 9.10. The molecule has 24 heavy (non-hydrogen) atoms. The maximum absolute atomic E-state index is 12.7. The number of hydrogen-bond donors (Lipinski definition) is 1. The molecule has 2 aromatic heterocycles. The summed E-state index contributed by atoms with van der Waals surface area (Å²) in [5.41, 5.74) is 2.04. The Labute approximate surface area is 152 Å². The molecule has 6 heteroatoms. The van der Waals surface area contributed by atoms with E-state index in [2.05, 4.69) is 27.8 Å². The molecule has 0 unspecified atom stereocenters. The number of methoxy groups -OCH3 is 1. The molecule has 1 N–H and O–H groups in total. The number of aromatic amines is 1. The first-order chi connectivity index (χ1) is 11.6. The summed E-state index contributed by atoms with van der Waals surface area (Å²) in [6.07, 6.45) is 3.18. The molecule has 0 spiro atoms. The van der Waals surface area contributed by atoms with Crippen molar-refractivity contribution >= 4 is 37.5 Å². The Kier molecular flexibility index (Phi) is 3.96. The standard InChI is InChI=1S/C18H17BrN2O2S/c1-9-3-5-11-14(7-9)24-18-15(11)17(22)20-16(21-18)10-4-6-13(23-2)12(19)8-10/h4,6,8-9H,3,5,7H2,1-2H3,(H,20,21,22)/t9-/m0/s1. The monoisotopic (exact) mass is 404 g/mol. The fourth-order valence-corrected chi connectivity index (χ4v) is 5.22. The van der Waals surface area contributed by atoms with Gasteiger partial charge in [-0.2, -0.15) is 0 Å². The minimum absolute atomic E-state index is 0.0333. The van der Waals surface area contributed by atoms with Gasteiger partial charge in [-0.25, -0.2) is 4.98 Å². The second kappa shape index (κ2) is 6.01. The Balaban J connectivity index is 1.87. The third-order valence-electron chi connectivity index (χ3n) is 4.59. The van der Waals surface area contributed by atoms with E-state index in [0.29, 0.717) is 11.7 Å². The number of fused-ring (bicyclic) bond motifs is 3. The largest absolute Gasteiger partial charge is 0.496 e. The highest BCUT2D eigenvalue weighted by Gasteiger charge is 2.23. The van der Waals surface area contributed by atoms with E-state index >= 15 is 0 Å². The Morgan fingerprint density at radius 1 is 1.42 bits per heavy atom. The van der Waals surface area contributed by atoms with Crippen LogP contribution in [0, 0.1) is 5.92 Å². The van der Waals surface area contributed by atoms with Crippen molar-refractivity contribution in [3.63, 3.8) is 0 Å². The fourth-order valence-electron chi connectivity index (χ4n) is 3.30. The molecule has 4 nitrogen and oxygen atoms in total. The molecule has 2 heterocycles. The molecular weight excluding hydrogens is 388 g/mol. The minimum Gasteiger partial charge on any atom is -0.496 e. The number of hydrogen-bond acceptors (Lipinski definition) is 4. The number of aryl methyl sites for hydroxylation is 1. The predicted octanol–water partition coefficient (Wildman–Crippen LogP) is 4.55. The molecule has 0 aliphatic heterocycles. The average Bonchev–Trinajstić information content (AvgIpc) is 2.92. The highest BCUT2D eigenvalue weighted by atomic mass is 79.9. The van der Waals surface area contributed by atoms with Crippen molar-refractivity contribution in [3.05, 3.63) is 43.5 Å². The van der Waals surface area contributed by atoms with E-state index < -0.39 is 0 Å². The lowest BCUT2D eigenvalue weighted by atomic mass is 9.89. The first-order valence-corrected chi connectivity index (χ1v) is 9.56. The summed E-state index contributed by atoms with van der Waals surface area (Å²) >= 11 is 5.15. The maximum atomic E-state index is 12.7. The van der Waals surface area contributed by atoms with Gasteiger partial charge in [0.15, 0.2) is 0 Å². The quantitative estimate of drug-likeness (QED) is 0.681. The van der Waals surface area contributed by atoms with Gasteiger partial charge in [0.25, 0.3) is 5.56 Å². The number of halogens is 1. The topological polar surface area (TPSA) is 55.0 Å². The molecule has 0 saturated carbocycles. The molecule has 0 radical (unpaired) electrons. The summed E-state index contributed by atoms with van der Waals surface area (Å²) in [6, 6.07) is 5.69. The van der Waals surface area contributed by atoms with Gasteiger partial charge in [0.1, 0.15) is 16.4 Å². The van der Waals surface area contributed by atoms with Crippen LogP contribution in [-0.4, -0.2) is 17.1 Å². The predicted molar refractivity (Wildman–Crippen MR) is 101 cm³/mol. The van der Waals surface area contributed by atoms with Crippen LogP contribution in [0.15, 0.2) is 27.5 Å². The van der Waals surface area contributed by atoms with Crippen LogP contribution in [-0.2, 0) is 12.8 Å². The van der Waals surface area contributed by atoms with E-state index in [1.54, 1.807) is 18.4 Å². The van der Waals surface area contributed by atoms with Crippen molar-refractivity contribution in [2.75, 3.05) is 7.11 Å². The summed E-state index contributed by atoms with van der Waals surface area (Å²) in [5.74, 6) is 2.03. The molecule has 3 aromatic rings. The van der Waals surface area contributed by atoms with Crippen LogP contribution < -0.4 is 10.3 Å². The molecular formula is C18H17BrN2O2S. The lowest BCUT2D eigenvalue weighted by Gasteiger charge is -2.17. The Bertz CT molecular complexity index is 993. The van der Waals surface area contributed by atoms with Gasteiger partial charge in [0.05, 0.1) is 17.0 Å². The van der Waals surface area contributed by atoms with E-state index in [-0.39, 0.29) is 5.56 Å². The fraction of sp³-hybridized carbons (Fsp3) is 0.333. The van der Waals surface area contributed by atoms with Gasteiger partial charge < -0.3 is 9.72 Å². The zero-order valence-electron chi connectivity index (χ0n) is 13.5. The number of thiophene rings is 1. The number of nitrogens with one attached hydrogen (secondary N) is 1. The van der Waals surface area contributed by atoms with E-state index in [1.807, 2.05) is 18.2 Å². The lowest BCUT2D eigenvalue weighted by molar-refractivity contribution is 0.412. The molecule has 1 aliphatic rings. The van der Waals surface area contributed by atoms with Crippen LogP contribution >= 0.6 is 27.3 Å². The van der Waals surface area contributed by atoms with Crippen LogP contribution in [0.4, 0.5) is 0 Å². The van der Waals surface area contributed by atoms with E-state index in [9.17, 15) is 4.79 Å². The number of ether oxygens (including phenoxy) is 1. The second-order valence-corrected chi connectivity index (χ2v) is 8.23. The minimum atomic E-state index is -0.0333. The van der Waals surface area contributed by atoms with Crippen molar-refractivity contribution in [1.82, 2.24) is 9.97 Å². The molecule has 124 valence electrons. The van der Waals surface area contributed by atoms with Gasteiger partial charge in [-0.15, -0.1) is 11.3 Å². The molecule has 1 aromatic carbocycles. The van der Waals surface area contributed by atoms with Gasteiger partial charge in [-0.1, -0.05) is 6.92 Å². The maximum Gasteiger partial charge on any atom is 0.260 e. The van der Waals surface area contributed by atoms with Crippen LogP contribution in [0.25, 0.3) is 21.6 Å². The van der Waals surface area contributed by atoms with Crippen molar-refractivity contribution < 1.29 is 4.74 Å². The number of benzene rings is 1. The molecule has 4 rings (SSSR count). The van der Waals surface area contributed by atoms with E-state index in [0.717, 1.165) is 45.3 Å². The first kappa shape index (κ1) is 15.8. The average molecular weight is 405 g/mol. The molecule has 0 amide bonds. The Morgan fingerprint density at radius 2 is 2.25 bits per heavy atom. The first-order valence-electron chi connectivity index (χ1n) is 7.95. The van der Waals surface area contributed by atoms with Crippen molar-refractivity contribution in [2.45, 2.75) is 26.2 Å². The Hall–Kier alpha value is -1.66. The number of rotatable bonds is 2. The molecule has 0 saturated heterocycles. The van der Waals surface area contributed by atoms with Crippen molar-refractivity contribution in [1.29, 1.82) is 0 Å². The summed E-state index contributed by atoms with van der Waals surface area (Å²) in [5, 5.41) is 0.790. The molecule has 1 atom stereocenters. The van der Waals surface area contributed by atoms with Gasteiger partial charge in [0, 0.05) is 10.4 Å². The summed E-state index contributed by atoms with van der Waals surface area (Å²) in [4.78, 5) is 22.5. The smallest absolute Gasteiger partial charge is 0.260 e. The van der Waals surface area contributed by atoms with Gasteiger partial charge in [-0.05, 0) is 64.9 Å². The summed E-state index contributed by atoms with van der Waals surface area (Å²) in [7, 11) is 1.63. The van der Waals surface area contributed by atoms with Gasteiger partial charge in [0.2, 0.25) is 0 Å². The van der Waals surface area contributed by atoms with Crippen molar-refractivity contribution in [3.8, 4) is 17.1 Å². The number of aromatic nitrogens is 2. The summed E-state index contributed by atoms with van der Waals surface area (Å²) < 4.78 is 6.10. The second-order valence-electron chi connectivity index (χ2n) is 6.30. The molecule has 0 fully saturated rings. The Morgan fingerprint density at radius 3 is 3.00 bits per heavy atom. The third-order valence-corrected chi connectivity index (χ3v) is 6.36. The van der Waals surface area contributed by atoms with Crippen LogP contribution in [0.2, 0.25) is 0 Å². The molecule has 1 aliphatic carbocycles. The van der Waals surface area contributed by atoms with Gasteiger partial charge >= 0.3 is 0 Å². The van der Waals surface area contributed by atoms with Crippen LogP contribution in [0.3, 0.4) is 0 Å².